The van der Waals surface area contributed by atoms with E-state index in [0.717, 1.165) is 28.9 Å². The van der Waals surface area contributed by atoms with Crippen LogP contribution in [0, 0.1) is 5.82 Å². The van der Waals surface area contributed by atoms with Gasteiger partial charge >= 0.3 is 0 Å². The van der Waals surface area contributed by atoms with Gasteiger partial charge in [0.2, 0.25) is 0 Å². The first-order valence-electron chi connectivity index (χ1n) is 7.66. The molecule has 0 radical (unpaired) electrons. The molecule has 0 bridgehead atoms. The lowest BCUT2D eigenvalue weighted by Crippen LogP contribution is -1.86. The van der Waals surface area contributed by atoms with Crippen LogP contribution in [0.3, 0.4) is 0 Å². The number of benzene rings is 2. The second-order valence-electron chi connectivity index (χ2n) is 5.92. The van der Waals surface area contributed by atoms with Gasteiger partial charge in [0.15, 0.2) is 0 Å². The van der Waals surface area contributed by atoms with Crippen molar-refractivity contribution >= 4 is 10.9 Å². The molecule has 2 heteroatoms. The molecule has 0 aliphatic heterocycles. The Kier molecular flexibility index (Phi) is 2.85. The van der Waals surface area contributed by atoms with E-state index < -0.39 is 0 Å². The Morgan fingerprint density at radius 1 is 1.10 bits per heavy atom. The molecule has 106 valence electrons. The molecule has 1 aliphatic carbocycles. The van der Waals surface area contributed by atoms with Crippen LogP contribution in [0.1, 0.15) is 36.8 Å². The Morgan fingerprint density at radius 2 is 1.86 bits per heavy atom. The Bertz CT molecular complexity index is 794. The summed E-state index contributed by atoms with van der Waals surface area (Å²) in [6.45, 7) is 2.12. The Hall–Kier alpha value is -2.09. The number of aromatic nitrogens is 1. The third kappa shape index (κ3) is 2.15. The minimum Gasteiger partial charge on any atom is -0.354 e. The second kappa shape index (κ2) is 4.73. The zero-order chi connectivity index (χ0) is 14.4. The van der Waals surface area contributed by atoms with Crippen molar-refractivity contribution in [1.82, 2.24) is 4.98 Å². The molecule has 4 rings (SSSR count). The monoisotopic (exact) mass is 279 g/mol. The minimum absolute atomic E-state index is 0.174. The highest BCUT2D eigenvalue weighted by Gasteiger charge is 2.23. The molecule has 0 unspecified atom stereocenters. The lowest BCUT2D eigenvalue weighted by Gasteiger charge is -2.04. The Morgan fingerprint density at radius 3 is 2.52 bits per heavy atom. The maximum Gasteiger partial charge on any atom is 0.123 e. The van der Waals surface area contributed by atoms with Crippen molar-refractivity contribution in [2.45, 2.75) is 32.1 Å². The van der Waals surface area contributed by atoms with Crippen LogP contribution in [0.4, 0.5) is 4.39 Å². The predicted octanol–water partition coefficient (Wildman–Crippen LogP) is 5.41. The maximum absolute atomic E-state index is 13.5. The van der Waals surface area contributed by atoms with Gasteiger partial charge in [-0.05, 0) is 60.1 Å². The fraction of sp³-hybridized carbons (Fsp3) is 0.263. The van der Waals surface area contributed by atoms with E-state index in [-0.39, 0.29) is 5.82 Å². The quantitative estimate of drug-likeness (QED) is 0.659. The summed E-state index contributed by atoms with van der Waals surface area (Å²) in [4.78, 5) is 3.46. The molecule has 0 saturated heterocycles. The van der Waals surface area contributed by atoms with E-state index >= 15 is 0 Å². The number of hydrogen-bond donors (Lipinski definition) is 1. The van der Waals surface area contributed by atoms with Crippen molar-refractivity contribution in [2.75, 3.05) is 0 Å². The van der Waals surface area contributed by atoms with Gasteiger partial charge in [0.05, 0.1) is 0 Å². The first-order valence-corrected chi connectivity index (χ1v) is 7.66. The summed E-state index contributed by atoms with van der Waals surface area (Å²) < 4.78 is 13.5. The summed E-state index contributed by atoms with van der Waals surface area (Å²) in [5, 5.41) is 0.999. The van der Waals surface area contributed by atoms with Gasteiger partial charge in [0.25, 0.3) is 0 Å². The maximum atomic E-state index is 13.5. The molecule has 3 aromatic rings. The van der Waals surface area contributed by atoms with E-state index in [2.05, 4.69) is 36.2 Å². The van der Waals surface area contributed by atoms with Crippen molar-refractivity contribution < 1.29 is 4.39 Å². The van der Waals surface area contributed by atoms with Gasteiger partial charge in [-0.15, -0.1) is 0 Å². The van der Waals surface area contributed by atoms with Crippen LogP contribution in [0.2, 0.25) is 0 Å². The average molecular weight is 279 g/mol. The summed E-state index contributed by atoms with van der Waals surface area (Å²) in [7, 11) is 0. The van der Waals surface area contributed by atoms with Crippen LogP contribution in [-0.2, 0) is 6.42 Å². The molecule has 1 nitrogen and oxygen atoms in total. The van der Waals surface area contributed by atoms with Gasteiger partial charge in [-0.25, -0.2) is 4.39 Å². The number of halogens is 1. The van der Waals surface area contributed by atoms with E-state index in [4.69, 9.17) is 0 Å². The third-order valence-electron chi connectivity index (χ3n) is 4.47. The standard InChI is InChI=1S/C19H18FN/c1-2-16-17-11-15(20)9-10-18(17)21-19(16)14-7-5-13(6-8-14)12-3-4-12/h5-12,21H,2-4H2,1H3. The summed E-state index contributed by atoms with van der Waals surface area (Å²) in [6, 6.07) is 13.8. The molecule has 0 amide bonds. The van der Waals surface area contributed by atoms with Gasteiger partial charge in [-0.2, -0.15) is 0 Å². The van der Waals surface area contributed by atoms with Gasteiger partial charge < -0.3 is 4.98 Å². The normalized spacial score (nSPS) is 14.8. The Balaban J connectivity index is 1.84. The number of fused-ring (bicyclic) bond motifs is 1. The van der Waals surface area contributed by atoms with Gasteiger partial charge in [0.1, 0.15) is 5.82 Å². The topological polar surface area (TPSA) is 15.8 Å². The van der Waals surface area contributed by atoms with E-state index in [0.29, 0.717) is 0 Å². The van der Waals surface area contributed by atoms with E-state index in [1.54, 1.807) is 6.07 Å². The summed E-state index contributed by atoms with van der Waals surface area (Å²) >= 11 is 0. The number of hydrogen-bond acceptors (Lipinski definition) is 0. The van der Waals surface area contributed by atoms with E-state index in [1.807, 2.05) is 6.07 Å². The predicted molar refractivity (Wildman–Crippen MR) is 85.0 cm³/mol. The largest absolute Gasteiger partial charge is 0.354 e. The van der Waals surface area contributed by atoms with Gasteiger partial charge in [0, 0.05) is 16.6 Å². The van der Waals surface area contributed by atoms with Gasteiger partial charge in [-0.3, -0.25) is 0 Å². The minimum atomic E-state index is -0.174. The number of rotatable bonds is 3. The SMILES string of the molecule is CCc1c(-c2ccc(C3CC3)cc2)[nH]c2ccc(F)cc12. The average Bonchev–Trinajstić information content (AvgIpc) is 3.29. The summed E-state index contributed by atoms with van der Waals surface area (Å²) in [5.74, 6) is 0.605. The molecular weight excluding hydrogens is 261 g/mol. The fourth-order valence-electron chi connectivity index (χ4n) is 3.17. The van der Waals surface area contributed by atoms with Crippen molar-refractivity contribution in [3.05, 3.63) is 59.4 Å². The zero-order valence-corrected chi connectivity index (χ0v) is 12.1. The van der Waals surface area contributed by atoms with E-state index in [1.165, 1.54) is 35.6 Å². The van der Waals surface area contributed by atoms with Crippen molar-refractivity contribution in [3.63, 3.8) is 0 Å². The van der Waals surface area contributed by atoms with Crippen LogP contribution < -0.4 is 0 Å². The number of nitrogens with one attached hydrogen (secondary N) is 1. The number of aryl methyl sites for hydroxylation is 1. The third-order valence-corrected chi connectivity index (χ3v) is 4.47. The molecule has 1 heterocycles. The van der Waals surface area contributed by atoms with Crippen LogP contribution in [0.5, 0.6) is 0 Å². The summed E-state index contributed by atoms with van der Waals surface area (Å²) in [5.41, 5.74) is 5.96. The fourth-order valence-corrected chi connectivity index (χ4v) is 3.17. The summed E-state index contributed by atoms with van der Waals surface area (Å²) in [6.07, 6.45) is 3.54. The highest BCUT2D eigenvalue weighted by Crippen LogP contribution is 2.41. The second-order valence-corrected chi connectivity index (χ2v) is 5.92. The molecule has 1 saturated carbocycles. The smallest absolute Gasteiger partial charge is 0.123 e. The molecule has 1 aromatic heterocycles. The highest BCUT2D eigenvalue weighted by molar-refractivity contribution is 5.90. The molecule has 21 heavy (non-hydrogen) atoms. The van der Waals surface area contributed by atoms with Crippen LogP contribution in [0.25, 0.3) is 22.2 Å². The lowest BCUT2D eigenvalue weighted by atomic mass is 10.0. The molecule has 1 aliphatic rings. The van der Waals surface area contributed by atoms with Crippen LogP contribution >= 0.6 is 0 Å². The molecule has 1 N–H and O–H groups in total. The highest BCUT2D eigenvalue weighted by atomic mass is 19.1. The van der Waals surface area contributed by atoms with Gasteiger partial charge in [-0.1, -0.05) is 31.2 Å². The first-order chi connectivity index (χ1) is 10.3. The number of aromatic amines is 1. The first kappa shape index (κ1) is 12.6. The van der Waals surface area contributed by atoms with Crippen molar-refractivity contribution in [2.24, 2.45) is 0 Å². The van der Waals surface area contributed by atoms with Crippen molar-refractivity contribution in [3.8, 4) is 11.3 Å². The molecule has 0 atom stereocenters. The molecule has 0 spiro atoms. The molecule has 2 aromatic carbocycles. The van der Waals surface area contributed by atoms with Crippen molar-refractivity contribution in [1.29, 1.82) is 0 Å². The molecule has 1 fully saturated rings. The van der Waals surface area contributed by atoms with Crippen LogP contribution in [-0.4, -0.2) is 4.98 Å². The lowest BCUT2D eigenvalue weighted by molar-refractivity contribution is 0.629. The molecular formula is C19H18FN. The number of H-pyrrole nitrogens is 1. The Labute approximate surface area is 123 Å². The van der Waals surface area contributed by atoms with E-state index in [9.17, 15) is 4.39 Å². The van der Waals surface area contributed by atoms with Crippen LogP contribution in [0.15, 0.2) is 42.5 Å². The zero-order valence-electron chi connectivity index (χ0n) is 12.1.